The Bertz CT molecular complexity index is 1450. The monoisotopic (exact) mass is 565 g/mol. The molecule has 0 saturated carbocycles. The highest BCUT2D eigenvalue weighted by Gasteiger charge is 2.18. The second kappa shape index (κ2) is 14.0. The zero-order valence-corrected chi connectivity index (χ0v) is 23.8. The van der Waals surface area contributed by atoms with E-state index in [0.29, 0.717) is 18.8 Å². The number of halogens is 1. The maximum absolute atomic E-state index is 12.8. The lowest BCUT2D eigenvalue weighted by atomic mass is 9.88. The molecule has 0 aliphatic carbocycles. The molecule has 4 nitrogen and oxygen atoms in total. The summed E-state index contributed by atoms with van der Waals surface area (Å²) < 4.78 is 0. The molecule has 1 amide bonds. The van der Waals surface area contributed by atoms with Crippen LogP contribution in [0, 0.1) is 0 Å². The van der Waals surface area contributed by atoms with Crippen LogP contribution >= 0.6 is 22.9 Å². The first-order valence-electron chi connectivity index (χ1n) is 13.5. The SMILES string of the molecule is O=C(NCc1ccccc1)c1csc(CN(CCC(c2ccccc2)c2ccccc2)Cc2cccc(Cl)c2)n1. The molecule has 4 aromatic carbocycles. The van der Waals surface area contributed by atoms with E-state index in [9.17, 15) is 4.79 Å². The van der Waals surface area contributed by atoms with Gasteiger partial charge in [0.05, 0.1) is 6.54 Å². The van der Waals surface area contributed by atoms with Crippen LogP contribution in [-0.2, 0) is 19.6 Å². The molecule has 0 aliphatic rings. The quantitative estimate of drug-likeness (QED) is 0.167. The van der Waals surface area contributed by atoms with Crippen LogP contribution in [0.5, 0.6) is 0 Å². The number of carbonyl (C=O) groups excluding carboxylic acids is 1. The fourth-order valence-electron chi connectivity index (χ4n) is 4.86. The van der Waals surface area contributed by atoms with Crippen LogP contribution in [0.1, 0.15) is 50.1 Å². The molecule has 0 spiro atoms. The standard InChI is InChI=1S/C34H32ClN3OS/c35-30-18-10-13-27(21-30)23-38(20-19-31(28-14-6-2-7-15-28)29-16-8-3-9-17-29)24-33-37-32(25-40-33)34(39)36-22-26-11-4-1-5-12-26/h1-18,21,25,31H,19-20,22-24H2,(H,36,39). The molecule has 1 aromatic heterocycles. The smallest absolute Gasteiger partial charge is 0.271 e. The van der Waals surface area contributed by atoms with Crippen molar-refractivity contribution < 1.29 is 4.79 Å². The number of hydrogen-bond donors (Lipinski definition) is 1. The van der Waals surface area contributed by atoms with Gasteiger partial charge in [0, 0.05) is 29.4 Å². The Morgan fingerprint density at radius 1 is 0.800 bits per heavy atom. The minimum absolute atomic E-state index is 0.152. The molecule has 0 atom stereocenters. The molecule has 6 heteroatoms. The molecule has 0 radical (unpaired) electrons. The predicted molar refractivity (Wildman–Crippen MR) is 165 cm³/mol. The highest BCUT2D eigenvalue weighted by atomic mass is 35.5. The van der Waals surface area contributed by atoms with Gasteiger partial charge in [0.1, 0.15) is 10.7 Å². The summed E-state index contributed by atoms with van der Waals surface area (Å²) in [5.41, 5.74) is 5.29. The van der Waals surface area contributed by atoms with Crippen LogP contribution in [0.4, 0.5) is 0 Å². The van der Waals surface area contributed by atoms with E-state index in [-0.39, 0.29) is 11.8 Å². The van der Waals surface area contributed by atoms with Crippen LogP contribution < -0.4 is 5.32 Å². The first kappa shape index (κ1) is 27.8. The van der Waals surface area contributed by atoms with Crippen molar-refractivity contribution in [3.63, 3.8) is 0 Å². The maximum atomic E-state index is 12.8. The zero-order valence-electron chi connectivity index (χ0n) is 22.2. The van der Waals surface area contributed by atoms with Crippen molar-refractivity contribution in [3.8, 4) is 0 Å². The molecule has 0 fully saturated rings. The molecule has 0 aliphatic heterocycles. The van der Waals surface area contributed by atoms with Crippen LogP contribution in [0.2, 0.25) is 5.02 Å². The van der Waals surface area contributed by atoms with E-state index in [4.69, 9.17) is 16.6 Å². The van der Waals surface area contributed by atoms with Gasteiger partial charge in [0.25, 0.3) is 5.91 Å². The van der Waals surface area contributed by atoms with Gasteiger partial charge >= 0.3 is 0 Å². The van der Waals surface area contributed by atoms with Gasteiger partial charge in [-0.3, -0.25) is 9.69 Å². The van der Waals surface area contributed by atoms with E-state index < -0.39 is 0 Å². The van der Waals surface area contributed by atoms with Crippen molar-refractivity contribution in [1.29, 1.82) is 0 Å². The minimum Gasteiger partial charge on any atom is -0.347 e. The average Bonchev–Trinajstić information content (AvgIpc) is 3.46. The van der Waals surface area contributed by atoms with Crippen molar-refractivity contribution in [1.82, 2.24) is 15.2 Å². The Kier molecular flexibility index (Phi) is 9.75. The van der Waals surface area contributed by atoms with E-state index in [1.54, 1.807) is 0 Å². The van der Waals surface area contributed by atoms with Gasteiger partial charge < -0.3 is 5.32 Å². The first-order chi connectivity index (χ1) is 19.6. The first-order valence-corrected chi connectivity index (χ1v) is 14.7. The Morgan fingerprint density at radius 3 is 2.08 bits per heavy atom. The van der Waals surface area contributed by atoms with Crippen LogP contribution in [0.3, 0.4) is 0 Å². The third-order valence-corrected chi connectivity index (χ3v) is 7.94. The number of nitrogens with one attached hydrogen (secondary N) is 1. The molecule has 0 bridgehead atoms. The van der Waals surface area contributed by atoms with Gasteiger partial charge in [-0.25, -0.2) is 4.98 Å². The normalized spacial score (nSPS) is 11.2. The molecule has 5 rings (SSSR count). The molecule has 0 unspecified atom stereocenters. The van der Waals surface area contributed by atoms with Crippen molar-refractivity contribution in [2.45, 2.75) is 32.0 Å². The summed E-state index contributed by atoms with van der Waals surface area (Å²) >= 11 is 7.84. The summed E-state index contributed by atoms with van der Waals surface area (Å²) in [6, 6.07) is 39.3. The summed E-state index contributed by atoms with van der Waals surface area (Å²) in [6.45, 7) is 2.73. The van der Waals surface area contributed by atoms with Gasteiger partial charge in [0.2, 0.25) is 0 Å². The second-order valence-corrected chi connectivity index (χ2v) is 11.2. The zero-order chi connectivity index (χ0) is 27.6. The number of benzene rings is 4. The van der Waals surface area contributed by atoms with E-state index in [2.05, 4.69) is 76.9 Å². The molecule has 1 heterocycles. The van der Waals surface area contributed by atoms with E-state index in [0.717, 1.165) is 40.7 Å². The number of thiazole rings is 1. The largest absolute Gasteiger partial charge is 0.347 e. The van der Waals surface area contributed by atoms with E-state index >= 15 is 0 Å². The summed E-state index contributed by atoms with van der Waals surface area (Å²) in [4.78, 5) is 19.9. The van der Waals surface area contributed by atoms with Gasteiger partial charge in [0.15, 0.2) is 0 Å². The average molecular weight is 566 g/mol. The number of hydrogen-bond acceptors (Lipinski definition) is 4. The lowest BCUT2D eigenvalue weighted by Crippen LogP contribution is -2.26. The minimum atomic E-state index is -0.152. The van der Waals surface area contributed by atoms with Gasteiger partial charge in [-0.15, -0.1) is 11.3 Å². The van der Waals surface area contributed by atoms with E-state index in [1.807, 2.05) is 53.9 Å². The lowest BCUT2D eigenvalue weighted by Gasteiger charge is -2.25. The third-order valence-electron chi connectivity index (χ3n) is 6.87. The van der Waals surface area contributed by atoms with Gasteiger partial charge in [-0.05, 0) is 47.4 Å². The summed E-state index contributed by atoms with van der Waals surface area (Å²) in [5.74, 6) is 0.126. The maximum Gasteiger partial charge on any atom is 0.271 e. The molecular formula is C34H32ClN3OS. The Hall–Kier alpha value is -3.77. The molecule has 0 saturated heterocycles. The summed E-state index contributed by atoms with van der Waals surface area (Å²) in [7, 11) is 0. The Morgan fingerprint density at radius 2 is 1.43 bits per heavy atom. The highest BCUT2D eigenvalue weighted by Crippen LogP contribution is 2.29. The predicted octanol–water partition coefficient (Wildman–Crippen LogP) is 7.95. The number of nitrogens with zero attached hydrogens (tertiary/aromatic N) is 2. The molecular weight excluding hydrogens is 534 g/mol. The summed E-state index contributed by atoms with van der Waals surface area (Å²) in [6.07, 6.45) is 0.949. The van der Waals surface area contributed by atoms with E-state index in [1.165, 1.54) is 22.5 Å². The van der Waals surface area contributed by atoms with Crippen LogP contribution in [-0.4, -0.2) is 22.3 Å². The molecule has 40 heavy (non-hydrogen) atoms. The fourth-order valence-corrected chi connectivity index (χ4v) is 5.89. The van der Waals surface area contributed by atoms with Crippen LogP contribution in [0.15, 0.2) is 121 Å². The summed E-state index contributed by atoms with van der Waals surface area (Å²) in [5, 5.41) is 6.48. The molecule has 5 aromatic rings. The highest BCUT2D eigenvalue weighted by molar-refractivity contribution is 7.09. The fraction of sp³-hybridized carbons (Fsp3) is 0.176. The number of carbonyl (C=O) groups is 1. The van der Waals surface area contributed by atoms with Gasteiger partial charge in [-0.1, -0.05) is 115 Å². The number of aromatic nitrogens is 1. The second-order valence-electron chi connectivity index (χ2n) is 9.80. The number of rotatable bonds is 12. The van der Waals surface area contributed by atoms with Gasteiger partial charge in [-0.2, -0.15) is 0 Å². The Balaban J connectivity index is 1.30. The van der Waals surface area contributed by atoms with Crippen molar-refractivity contribution in [3.05, 3.63) is 159 Å². The topological polar surface area (TPSA) is 45.2 Å². The Labute approximate surface area is 245 Å². The lowest BCUT2D eigenvalue weighted by molar-refractivity contribution is 0.0946. The molecule has 202 valence electrons. The molecule has 1 N–H and O–H groups in total. The van der Waals surface area contributed by atoms with Crippen molar-refractivity contribution >= 4 is 28.8 Å². The van der Waals surface area contributed by atoms with Crippen LogP contribution in [0.25, 0.3) is 0 Å². The van der Waals surface area contributed by atoms with Crippen molar-refractivity contribution in [2.24, 2.45) is 0 Å². The third kappa shape index (κ3) is 7.89. The number of amides is 1. The van der Waals surface area contributed by atoms with Crippen molar-refractivity contribution in [2.75, 3.05) is 6.54 Å².